The fourth-order valence-electron chi connectivity index (χ4n) is 2.62. The fourth-order valence-corrected chi connectivity index (χ4v) is 2.62. The van der Waals surface area contributed by atoms with Crippen LogP contribution in [-0.4, -0.2) is 14.5 Å². The molecular formula is C17H13N3. The lowest BCUT2D eigenvalue weighted by Crippen LogP contribution is -1.93. The van der Waals surface area contributed by atoms with Crippen molar-refractivity contribution in [1.82, 2.24) is 14.5 Å². The van der Waals surface area contributed by atoms with Gasteiger partial charge in [0.25, 0.3) is 0 Å². The molecule has 4 rings (SSSR count). The van der Waals surface area contributed by atoms with Crippen molar-refractivity contribution in [3.05, 3.63) is 73.4 Å². The SMILES string of the molecule is c1ccc(-n2ccnc2)c(-c2c[nH]c3ccccc23)c1. The lowest BCUT2D eigenvalue weighted by Gasteiger charge is -2.09. The first-order valence-electron chi connectivity index (χ1n) is 6.57. The van der Waals surface area contributed by atoms with Crippen LogP contribution in [-0.2, 0) is 0 Å². The maximum absolute atomic E-state index is 4.14. The highest BCUT2D eigenvalue weighted by Gasteiger charge is 2.10. The molecule has 4 aromatic rings. The molecule has 2 aromatic carbocycles. The molecule has 2 heterocycles. The third-order valence-electron chi connectivity index (χ3n) is 3.57. The van der Waals surface area contributed by atoms with Gasteiger partial charge in [-0.15, -0.1) is 0 Å². The molecule has 3 nitrogen and oxygen atoms in total. The quantitative estimate of drug-likeness (QED) is 0.579. The van der Waals surface area contributed by atoms with Gasteiger partial charge in [-0.3, -0.25) is 0 Å². The molecule has 96 valence electrons. The van der Waals surface area contributed by atoms with E-state index in [1.807, 2.05) is 29.2 Å². The lowest BCUT2D eigenvalue weighted by atomic mass is 10.0. The zero-order chi connectivity index (χ0) is 13.4. The normalized spacial score (nSPS) is 11.0. The van der Waals surface area contributed by atoms with Gasteiger partial charge in [-0.05, 0) is 12.1 Å². The highest BCUT2D eigenvalue weighted by molar-refractivity contribution is 5.97. The van der Waals surface area contributed by atoms with Gasteiger partial charge in [-0.25, -0.2) is 4.98 Å². The maximum atomic E-state index is 4.14. The number of aromatic nitrogens is 3. The van der Waals surface area contributed by atoms with Crippen molar-refractivity contribution < 1.29 is 0 Å². The van der Waals surface area contributed by atoms with E-state index >= 15 is 0 Å². The van der Waals surface area contributed by atoms with Crippen LogP contribution in [0.1, 0.15) is 0 Å². The van der Waals surface area contributed by atoms with Gasteiger partial charge in [0, 0.05) is 40.6 Å². The number of nitrogens with zero attached hydrogens (tertiary/aromatic N) is 2. The number of aromatic amines is 1. The van der Waals surface area contributed by atoms with Crippen molar-refractivity contribution in [3.8, 4) is 16.8 Å². The van der Waals surface area contributed by atoms with Gasteiger partial charge in [-0.2, -0.15) is 0 Å². The maximum Gasteiger partial charge on any atom is 0.0991 e. The van der Waals surface area contributed by atoms with Gasteiger partial charge < -0.3 is 9.55 Å². The molecule has 3 heteroatoms. The zero-order valence-corrected chi connectivity index (χ0v) is 10.8. The van der Waals surface area contributed by atoms with Gasteiger partial charge in [0.1, 0.15) is 0 Å². The largest absolute Gasteiger partial charge is 0.361 e. The van der Waals surface area contributed by atoms with E-state index in [-0.39, 0.29) is 0 Å². The van der Waals surface area contributed by atoms with Crippen molar-refractivity contribution in [3.63, 3.8) is 0 Å². The summed E-state index contributed by atoms with van der Waals surface area (Å²) in [7, 11) is 0. The van der Waals surface area contributed by atoms with Crippen LogP contribution in [0, 0.1) is 0 Å². The Hall–Kier alpha value is -2.81. The molecule has 0 saturated carbocycles. The second-order valence-corrected chi connectivity index (χ2v) is 4.74. The topological polar surface area (TPSA) is 33.6 Å². The molecule has 0 unspecified atom stereocenters. The summed E-state index contributed by atoms with van der Waals surface area (Å²) in [6, 6.07) is 16.7. The molecule has 20 heavy (non-hydrogen) atoms. The monoisotopic (exact) mass is 259 g/mol. The smallest absolute Gasteiger partial charge is 0.0991 e. The molecule has 0 spiro atoms. The standard InChI is InChI=1S/C17H13N3/c1-3-7-16-13(5-1)15(11-19-16)14-6-2-4-8-17(14)20-10-9-18-12-20/h1-12,19H. The highest BCUT2D eigenvalue weighted by atomic mass is 15.0. The average Bonchev–Trinajstić information content (AvgIpc) is 3.17. The predicted octanol–water partition coefficient (Wildman–Crippen LogP) is 4.02. The van der Waals surface area contributed by atoms with Gasteiger partial charge >= 0.3 is 0 Å². The summed E-state index contributed by atoms with van der Waals surface area (Å²) in [5, 5.41) is 1.24. The van der Waals surface area contributed by atoms with E-state index in [4.69, 9.17) is 0 Å². The van der Waals surface area contributed by atoms with E-state index in [0.29, 0.717) is 0 Å². The minimum atomic E-state index is 1.13. The van der Waals surface area contributed by atoms with E-state index in [2.05, 4.69) is 52.6 Å². The van der Waals surface area contributed by atoms with Gasteiger partial charge in [-0.1, -0.05) is 36.4 Å². The minimum absolute atomic E-state index is 1.13. The number of hydrogen-bond donors (Lipinski definition) is 1. The molecule has 0 aliphatic rings. The van der Waals surface area contributed by atoms with Crippen LogP contribution in [0.5, 0.6) is 0 Å². The third kappa shape index (κ3) is 1.64. The Morgan fingerprint density at radius 3 is 2.65 bits per heavy atom. The fraction of sp³-hybridized carbons (Fsp3) is 0. The molecule has 0 aliphatic carbocycles. The average molecular weight is 259 g/mol. The first-order valence-corrected chi connectivity index (χ1v) is 6.57. The predicted molar refractivity (Wildman–Crippen MR) is 80.9 cm³/mol. The van der Waals surface area contributed by atoms with E-state index < -0.39 is 0 Å². The summed E-state index contributed by atoms with van der Waals surface area (Å²) in [5.41, 5.74) is 4.70. The van der Waals surface area contributed by atoms with Crippen LogP contribution < -0.4 is 0 Å². The second kappa shape index (κ2) is 4.38. The second-order valence-electron chi connectivity index (χ2n) is 4.74. The van der Waals surface area contributed by atoms with Gasteiger partial charge in [0.05, 0.1) is 12.0 Å². The van der Waals surface area contributed by atoms with Crippen molar-refractivity contribution in [1.29, 1.82) is 0 Å². The van der Waals surface area contributed by atoms with Crippen LogP contribution in [0.25, 0.3) is 27.7 Å². The van der Waals surface area contributed by atoms with Gasteiger partial charge in [0.2, 0.25) is 0 Å². The lowest BCUT2D eigenvalue weighted by molar-refractivity contribution is 1.06. The Morgan fingerprint density at radius 1 is 0.900 bits per heavy atom. The number of rotatable bonds is 2. The van der Waals surface area contributed by atoms with E-state index in [1.165, 1.54) is 16.5 Å². The van der Waals surface area contributed by atoms with Crippen molar-refractivity contribution >= 4 is 10.9 Å². The molecule has 0 saturated heterocycles. The zero-order valence-electron chi connectivity index (χ0n) is 10.8. The Bertz CT molecular complexity index is 857. The van der Waals surface area contributed by atoms with E-state index in [1.54, 1.807) is 6.20 Å². The Balaban J connectivity index is 1.99. The van der Waals surface area contributed by atoms with Gasteiger partial charge in [0.15, 0.2) is 0 Å². The number of benzene rings is 2. The van der Waals surface area contributed by atoms with Crippen LogP contribution in [0.4, 0.5) is 0 Å². The summed E-state index contributed by atoms with van der Waals surface area (Å²) in [6.07, 6.45) is 7.66. The number of fused-ring (bicyclic) bond motifs is 1. The Kier molecular flexibility index (Phi) is 2.42. The molecule has 2 aromatic heterocycles. The number of nitrogens with one attached hydrogen (secondary N) is 1. The summed E-state index contributed by atoms with van der Waals surface area (Å²) in [6.45, 7) is 0. The number of imidazole rings is 1. The summed E-state index contributed by atoms with van der Waals surface area (Å²) in [5.74, 6) is 0. The first kappa shape index (κ1) is 11.1. The summed E-state index contributed by atoms with van der Waals surface area (Å²) >= 11 is 0. The third-order valence-corrected chi connectivity index (χ3v) is 3.57. The highest BCUT2D eigenvalue weighted by Crippen LogP contribution is 2.32. The number of H-pyrrole nitrogens is 1. The van der Waals surface area contributed by atoms with Crippen LogP contribution in [0.15, 0.2) is 73.4 Å². The molecule has 0 bridgehead atoms. The molecule has 0 aliphatic heterocycles. The van der Waals surface area contributed by atoms with E-state index in [0.717, 1.165) is 11.2 Å². The van der Waals surface area contributed by atoms with Crippen molar-refractivity contribution in [2.45, 2.75) is 0 Å². The number of para-hydroxylation sites is 2. The van der Waals surface area contributed by atoms with E-state index in [9.17, 15) is 0 Å². The molecule has 0 fully saturated rings. The molecule has 1 N–H and O–H groups in total. The molecule has 0 amide bonds. The molecule has 0 atom stereocenters. The van der Waals surface area contributed by atoms with Crippen molar-refractivity contribution in [2.24, 2.45) is 0 Å². The van der Waals surface area contributed by atoms with Crippen LogP contribution >= 0.6 is 0 Å². The summed E-state index contributed by atoms with van der Waals surface area (Å²) < 4.78 is 2.04. The number of hydrogen-bond acceptors (Lipinski definition) is 1. The summed E-state index contributed by atoms with van der Waals surface area (Å²) in [4.78, 5) is 7.47. The van der Waals surface area contributed by atoms with Crippen LogP contribution in [0.3, 0.4) is 0 Å². The Labute approximate surface area is 116 Å². The molecular weight excluding hydrogens is 246 g/mol. The van der Waals surface area contributed by atoms with Crippen molar-refractivity contribution in [2.75, 3.05) is 0 Å². The first-order chi connectivity index (χ1) is 9.93. The Morgan fingerprint density at radius 2 is 1.75 bits per heavy atom. The molecule has 0 radical (unpaired) electrons. The minimum Gasteiger partial charge on any atom is -0.361 e. The van der Waals surface area contributed by atoms with Crippen LogP contribution in [0.2, 0.25) is 0 Å².